The van der Waals surface area contributed by atoms with E-state index < -0.39 is 32.9 Å². The number of hydrogen-bond acceptors (Lipinski definition) is 7. The topological polar surface area (TPSA) is 100 Å². The van der Waals surface area contributed by atoms with Crippen molar-refractivity contribution in [1.29, 1.82) is 0 Å². The van der Waals surface area contributed by atoms with Crippen molar-refractivity contribution < 1.29 is 18.7 Å². The largest absolute Gasteiger partial charge is 0.399 e. The Morgan fingerprint density at radius 1 is 0.911 bits per heavy atom. The Kier molecular flexibility index (Phi) is 8.85. The Labute approximate surface area is 268 Å². The monoisotopic (exact) mass is 641 g/mol. The molecule has 9 nitrogen and oxygen atoms in total. The third-order valence-electron chi connectivity index (χ3n) is 8.34. The molecule has 0 aliphatic carbocycles. The van der Waals surface area contributed by atoms with Crippen molar-refractivity contribution in [2.45, 2.75) is 50.3 Å². The summed E-state index contributed by atoms with van der Waals surface area (Å²) < 4.78 is 22.1. The van der Waals surface area contributed by atoms with Crippen LogP contribution in [0.15, 0.2) is 104 Å². The maximum atomic E-state index is 12.9. The minimum absolute atomic E-state index is 0.194. The molecule has 45 heavy (non-hydrogen) atoms. The Hall–Kier alpha value is -3.93. The first-order valence-corrected chi connectivity index (χ1v) is 17.3. The zero-order valence-corrected chi connectivity index (χ0v) is 27.4. The molecule has 232 valence electrons. The molecule has 1 fully saturated rings. The number of methoxy groups -OCH3 is 1. The second-order valence-electron chi connectivity index (χ2n) is 12.0. The molecule has 4 atom stereocenters. The lowest BCUT2D eigenvalue weighted by Gasteiger charge is -2.45. The molecule has 5 aromatic rings. The molecule has 0 unspecified atom stereocenters. The van der Waals surface area contributed by atoms with Crippen molar-refractivity contribution >= 4 is 53.2 Å². The standard InChI is InChI=1S/C34H36ClN5O4Si/c1-34(2,3)45(24-16-10-6-11-17-24,25-18-12-7-13-19-25)44-28-26(20-35)43-33(29(28)42-4)40-22-38-27-30(36-21-37-31(27)40)39-32(41)23-14-8-5-9-15-23/h5-19,21-22,26,28-29,33H,20H2,1-4H3,(H,36,37,39,41)/t26-,28-,29-,33-/m1/s1. The van der Waals surface area contributed by atoms with Gasteiger partial charge in [0.15, 0.2) is 23.2 Å². The molecule has 1 aliphatic rings. The Bertz CT molecular complexity index is 1710. The second-order valence-corrected chi connectivity index (χ2v) is 16.6. The number of halogens is 1. The molecule has 3 aromatic carbocycles. The van der Waals surface area contributed by atoms with Gasteiger partial charge in [-0.15, -0.1) is 11.6 Å². The van der Waals surface area contributed by atoms with Crippen molar-refractivity contribution in [3.05, 3.63) is 109 Å². The number of carbonyl (C=O) groups is 1. The second kappa shape index (κ2) is 12.8. The van der Waals surface area contributed by atoms with Gasteiger partial charge in [-0.25, -0.2) is 15.0 Å². The third kappa shape index (κ3) is 5.68. The molecule has 1 amide bonds. The van der Waals surface area contributed by atoms with E-state index in [0.717, 1.165) is 10.4 Å². The van der Waals surface area contributed by atoms with Crippen LogP contribution in [0.2, 0.25) is 5.04 Å². The number of fused-ring (bicyclic) bond motifs is 1. The highest BCUT2D eigenvalue weighted by molar-refractivity contribution is 6.99. The molecular formula is C34H36ClN5O4Si. The van der Waals surface area contributed by atoms with Gasteiger partial charge in [0.2, 0.25) is 0 Å². The zero-order valence-electron chi connectivity index (χ0n) is 25.6. The van der Waals surface area contributed by atoms with Gasteiger partial charge < -0.3 is 19.2 Å². The maximum absolute atomic E-state index is 12.9. The summed E-state index contributed by atoms with van der Waals surface area (Å²) in [5, 5.41) is 4.90. The summed E-state index contributed by atoms with van der Waals surface area (Å²) in [4.78, 5) is 26.3. The smallest absolute Gasteiger partial charge is 0.261 e. The molecule has 3 heterocycles. The van der Waals surface area contributed by atoms with Gasteiger partial charge in [-0.1, -0.05) is 99.6 Å². The first-order valence-electron chi connectivity index (χ1n) is 14.9. The van der Waals surface area contributed by atoms with Crippen LogP contribution in [-0.4, -0.2) is 65.0 Å². The highest BCUT2D eigenvalue weighted by atomic mass is 35.5. The van der Waals surface area contributed by atoms with Crippen LogP contribution < -0.4 is 15.7 Å². The number of anilines is 1. The normalized spacial score (nSPS) is 20.4. The molecular weight excluding hydrogens is 606 g/mol. The molecule has 0 saturated carbocycles. The van der Waals surface area contributed by atoms with E-state index in [9.17, 15) is 4.79 Å². The SMILES string of the molecule is CO[C@@H]1[C@H](O[Si](c2ccccc2)(c2ccccc2)C(C)(C)C)[C@@H](CCl)O[C@H]1n1cnc2c(NC(=O)c3ccccc3)ncnc21. The van der Waals surface area contributed by atoms with Gasteiger partial charge in [-0.3, -0.25) is 9.36 Å². The zero-order chi connectivity index (χ0) is 31.6. The first kappa shape index (κ1) is 31.1. The number of aromatic nitrogens is 4. The molecule has 6 rings (SSSR count). The average molecular weight is 642 g/mol. The van der Waals surface area contributed by atoms with Crippen LogP contribution in [-0.2, 0) is 13.9 Å². The maximum Gasteiger partial charge on any atom is 0.261 e. The van der Waals surface area contributed by atoms with Crippen molar-refractivity contribution in [3.63, 3.8) is 0 Å². The van der Waals surface area contributed by atoms with Crippen LogP contribution in [0.3, 0.4) is 0 Å². The minimum Gasteiger partial charge on any atom is -0.399 e. The van der Waals surface area contributed by atoms with E-state index in [-0.39, 0.29) is 16.8 Å². The predicted molar refractivity (Wildman–Crippen MR) is 178 cm³/mol. The van der Waals surface area contributed by atoms with E-state index in [4.69, 9.17) is 25.5 Å². The summed E-state index contributed by atoms with van der Waals surface area (Å²) >= 11 is 6.60. The fourth-order valence-corrected chi connectivity index (χ4v) is 11.2. The molecule has 0 spiro atoms. The van der Waals surface area contributed by atoms with E-state index in [2.05, 4.69) is 89.6 Å². The van der Waals surface area contributed by atoms with Crippen molar-refractivity contribution in [1.82, 2.24) is 19.5 Å². The van der Waals surface area contributed by atoms with Crippen molar-refractivity contribution in [2.75, 3.05) is 18.3 Å². The third-order valence-corrected chi connectivity index (χ3v) is 13.7. The number of nitrogens with one attached hydrogen (secondary N) is 1. The summed E-state index contributed by atoms with van der Waals surface area (Å²) in [6, 6.07) is 29.8. The molecule has 1 saturated heterocycles. The Morgan fingerprint density at radius 3 is 2.07 bits per heavy atom. The first-order chi connectivity index (χ1) is 21.8. The van der Waals surface area contributed by atoms with Gasteiger partial charge in [0.05, 0.1) is 12.2 Å². The summed E-state index contributed by atoms with van der Waals surface area (Å²) in [5.74, 6) is 0.200. The summed E-state index contributed by atoms with van der Waals surface area (Å²) in [6.07, 6.45) is 0.822. The predicted octanol–water partition coefficient (Wildman–Crippen LogP) is 5.18. The highest BCUT2D eigenvalue weighted by Crippen LogP contribution is 2.43. The molecule has 1 N–H and O–H groups in total. The number of hydrogen-bond donors (Lipinski definition) is 1. The van der Waals surface area contributed by atoms with E-state index in [1.165, 1.54) is 6.33 Å². The summed E-state index contributed by atoms with van der Waals surface area (Å²) in [7, 11) is -1.32. The van der Waals surface area contributed by atoms with Crippen LogP contribution >= 0.6 is 11.6 Å². The van der Waals surface area contributed by atoms with Crippen LogP contribution in [0.25, 0.3) is 11.2 Å². The Morgan fingerprint density at radius 2 is 1.51 bits per heavy atom. The molecule has 1 aliphatic heterocycles. The van der Waals surface area contributed by atoms with Crippen LogP contribution in [0, 0.1) is 0 Å². The number of amides is 1. The van der Waals surface area contributed by atoms with Gasteiger partial charge in [-0.2, -0.15) is 0 Å². The van der Waals surface area contributed by atoms with E-state index in [1.54, 1.807) is 42.3 Å². The number of benzene rings is 3. The van der Waals surface area contributed by atoms with Gasteiger partial charge in [0.1, 0.15) is 24.6 Å². The number of rotatable bonds is 9. The number of ether oxygens (including phenoxy) is 2. The number of carbonyl (C=O) groups excluding carboxylic acids is 1. The lowest BCUT2D eigenvalue weighted by molar-refractivity contribution is -0.0461. The number of imidazole rings is 1. The lowest BCUT2D eigenvalue weighted by Crippen LogP contribution is -2.69. The van der Waals surface area contributed by atoms with E-state index in [0.29, 0.717) is 22.5 Å². The fourth-order valence-electron chi connectivity index (χ4n) is 6.24. The van der Waals surface area contributed by atoms with E-state index in [1.807, 2.05) is 18.2 Å². The van der Waals surface area contributed by atoms with Crippen LogP contribution in [0.1, 0.15) is 37.4 Å². The fraction of sp³-hybridized carbons (Fsp3) is 0.294. The number of nitrogens with zero attached hydrogens (tertiary/aromatic N) is 4. The molecule has 0 bridgehead atoms. The Balaban J connectivity index is 1.39. The van der Waals surface area contributed by atoms with Crippen LogP contribution in [0.5, 0.6) is 0 Å². The summed E-state index contributed by atoms with van der Waals surface area (Å²) in [6.45, 7) is 6.70. The molecule has 2 aromatic heterocycles. The lowest BCUT2D eigenvalue weighted by atomic mass is 10.1. The van der Waals surface area contributed by atoms with Gasteiger partial charge in [0.25, 0.3) is 14.2 Å². The van der Waals surface area contributed by atoms with Crippen LogP contribution in [0.4, 0.5) is 5.82 Å². The summed E-state index contributed by atoms with van der Waals surface area (Å²) in [5.41, 5.74) is 1.43. The van der Waals surface area contributed by atoms with Crippen molar-refractivity contribution in [3.8, 4) is 0 Å². The van der Waals surface area contributed by atoms with Gasteiger partial charge in [0, 0.05) is 12.7 Å². The average Bonchev–Trinajstić information content (AvgIpc) is 3.65. The van der Waals surface area contributed by atoms with Gasteiger partial charge in [-0.05, 0) is 27.5 Å². The van der Waals surface area contributed by atoms with Crippen molar-refractivity contribution in [2.24, 2.45) is 0 Å². The minimum atomic E-state index is -2.97. The molecule has 0 radical (unpaired) electrons. The van der Waals surface area contributed by atoms with Gasteiger partial charge >= 0.3 is 0 Å². The molecule has 11 heteroatoms. The highest BCUT2D eigenvalue weighted by Gasteiger charge is 2.56. The van der Waals surface area contributed by atoms with E-state index >= 15 is 0 Å². The number of alkyl halides is 1. The quantitative estimate of drug-likeness (QED) is 0.175.